The van der Waals surface area contributed by atoms with E-state index in [2.05, 4.69) is 11.9 Å². The first-order valence-electron chi connectivity index (χ1n) is 5.68. The Morgan fingerprint density at radius 3 is 2.35 bits per heavy atom. The minimum absolute atomic E-state index is 0.00107. The van der Waals surface area contributed by atoms with Crippen molar-refractivity contribution < 1.29 is 13.2 Å². The fraction of sp³-hybridized carbons (Fsp3) is 0.727. The average Bonchev–Trinajstić information content (AvgIpc) is 2.25. The summed E-state index contributed by atoms with van der Waals surface area (Å²) in [5, 5.41) is 2.80. The van der Waals surface area contributed by atoms with E-state index in [4.69, 9.17) is 0 Å². The molecule has 0 aromatic carbocycles. The largest absolute Gasteiger partial charge is 0.352 e. The summed E-state index contributed by atoms with van der Waals surface area (Å²) in [6.45, 7) is 6.93. The van der Waals surface area contributed by atoms with Crippen LogP contribution in [-0.2, 0) is 14.8 Å². The van der Waals surface area contributed by atoms with E-state index >= 15 is 0 Å². The summed E-state index contributed by atoms with van der Waals surface area (Å²) in [4.78, 5) is 11.7. The van der Waals surface area contributed by atoms with Gasteiger partial charge >= 0.3 is 0 Å². The molecule has 17 heavy (non-hydrogen) atoms. The summed E-state index contributed by atoms with van der Waals surface area (Å²) >= 11 is 0. The van der Waals surface area contributed by atoms with Crippen LogP contribution in [-0.4, -0.2) is 44.5 Å². The molecule has 0 radical (unpaired) electrons. The molecular formula is C11H20N2O3S. The Hall–Kier alpha value is -0.880. The number of carbonyl (C=O) groups is 1. The number of amides is 1. The molecule has 6 heteroatoms. The standard InChI is InChI=1S/C11H20N2O3S/c1-9(2)8-12-11(14)10-4-6-13(7-5-10)17(3,15)16/h10H,1,4-8H2,2-3H3,(H,12,14). The molecule has 0 aromatic rings. The number of rotatable bonds is 4. The van der Waals surface area contributed by atoms with Crippen molar-refractivity contribution in [1.82, 2.24) is 9.62 Å². The van der Waals surface area contributed by atoms with Gasteiger partial charge in [-0.2, -0.15) is 0 Å². The Labute approximate surface area is 103 Å². The van der Waals surface area contributed by atoms with Gasteiger partial charge in [-0.25, -0.2) is 12.7 Å². The van der Waals surface area contributed by atoms with E-state index in [1.807, 2.05) is 6.92 Å². The van der Waals surface area contributed by atoms with Crippen molar-refractivity contribution in [2.45, 2.75) is 19.8 Å². The molecule has 5 nitrogen and oxygen atoms in total. The molecule has 1 N–H and O–H groups in total. The van der Waals surface area contributed by atoms with E-state index in [9.17, 15) is 13.2 Å². The number of nitrogens with zero attached hydrogens (tertiary/aromatic N) is 1. The first-order valence-corrected chi connectivity index (χ1v) is 7.52. The van der Waals surface area contributed by atoms with Crippen molar-refractivity contribution in [3.8, 4) is 0 Å². The van der Waals surface area contributed by atoms with Gasteiger partial charge in [-0.1, -0.05) is 12.2 Å². The number of sulfonamides is 1. The Balaban J connectivity index is 2.41. The van der Waals surface area contributed by atoms with Crippen LogP contribution >= 0.6 is 0 Å². The molecule has 1 fully saturated rings. The third-order valence-corrected chi connectivity index (χ3v) is 4.16. The normalized spacial score (nSPS) is 18.9. The summed E-state index contributed by atoms with van der Waals surface area (Å²) in [7, 11) is -3.11. The Morgan fingerprint density at radius 2 is 1.94 bits per heavy atom. The van der Waals surface area contributed by atoms with E-state index in [0.29, 0.717) is 32.5 Å². The monoisotopic (exact) mass is 260 g/mol. The average molecular weight is 260 g/mol. The van der Waals surface area contributed by atoms with Gasteiger partial charge in [0.15, 0.2) is 0 Å². The summed E-state index contributed by atoms with van der Waals surface area (Å²) in [5.74, 6) is -0.0755. The summed E-state index contributed by atoms with van der Waals surface area (Å²) in [6.07, 6.45) is 2.39. The SMILES string of the molecule is C=C(C)CNC(=O)C1CCN(S(C)(=O)=O)CC1. The lowest BCUT2D eigenvalue weighted by atomic mass is 9.97. The molecule has 0 spiro atoms. The van der Waals surface area contributed by atoms with Crippen molar-refractivity contribution in [2.75, 3.05) is 25.9 Å². The lowest BCUT2D eigenvalue weighted by molar-refractivity contribution is -0.125. The summed E-state index contributed by atoms with van der Waals surface area (Å²) in [5.41, 5.74) is 0.909. The van der Waals surface area contributed by atoms with Crippen LogP contribution in [0.2, 0.25) is 0 Å². The minimum atomic E-state index is -3.11. The number of nitrogens with one attached hydrogen (secondary N) is 1. The highest BCUT2D eigenvalue weighted by Gasteiger charge is 2.28. The number of carbonyl (C=O) groups excluding carboxylic acids is 1. The highest BCUT2D eigenvalue weighted by molar-refractivity contribution is 7.88. The van der Waals surface area contributed by atoms with Gasteiger partial charge in [0.25, 0.3) is 0 Å². The van der Waals surface area contributed by atoms with Crippen LogP contribution in [0, 0.1) is 5.92 Å². The fourth-order valence-electron chi connectivity index (χ4n) is 1.83. The number of hydrogen-bond acceptors (Lipinski definition) is 3. The van der Waals surface area contributed by atoms with Crippen molar-refractivity contribution in [2.24, 2.45) is 5.92 Å². The van der Waals surface area contributed by atoms with E-state index in [1.54, 1.807) is 0 Å². The van der Waals surface area contributed by atoms with Crippen LogP contribution < -0.4 is 5.32 Å². The fourth-order valence-corrected chi connectivity index (χ4v) is 2.71. The van der Waals surface area contributed by atoms with Crippen LogP contribution in [0.1, 0.15) is 19.8 Å². The molecule has 0 aliphatic carbocycles. The second-order valence-corrected chi connectivity index (χ2v) is 6.59. The zero-order chi connectivity index (χ0) is 13.1. The van der Waals surface area contributed by atoms with E-state index in [0.717, 1.165) is 5.57 Å². The predicted molar refractivity (Wildman–Crippen MR) is 67.0 cm³/mol. The molecule has 1 amide bonds. The van der Waals surface area contributed by atoms with Gasteiger partial charge < -0.3 is 5.32 Å². The molecule has 98 valence electrons. The summed E-state index contributed by atoms with van der Waals surface area (Å²) < 4.78 is 24.0. The van der Waals surface area contributed by atoms with Gasteiger partial charge in [0.1, 0.15) is 0 Å². The lowest BCUT2D eigenvalue weighted by Gasteiger charge is -2.29. The van der Waals surface area contributed by atoms with E-state index < -0.39 is 10.0 Å². The molecule has 0 atom stereocenters. The maximum absolute atomic E-state index is 11.7. The maximum Gasteiger partial charge on any atom is 0.223 e. The second kappa shape index (κ2) is 5.64. The Morgan fingerprint density at radius 1 is 1.41 bits per heavy atom. The van der Waals surface area contributed by atoms with Gasteiger partial charge in [0.05, 0.1) is 6.26 Å². The van der Waals surface area contributed by atoms with Crippen LogP contribution in [0.15, 0.2) is 12.2 Å². The molecule has 1 heterocycles. The highest BCUT2D eigenvalue weighted by atomic mass is 32.2. The van der Waals surface area contributed by atoms with Crippen LogP contribution in [0.5, 0.6) is 0 Å². The first-order chi connectivity index (χ1) is 7.80. The van der Waals surface area contributed by atoms with Crippen molar-refractivity contribution in [3.05, 3.63) is 12.2 Å². The van der Waals surface area contributed by atoms with Crippen molar-refractivity contribution in [1.29, 1.82) is 0 Å². The smallest absolute Gasteiger partial charge is 0.223 e. The van der Waals surface area contributed by atoms with Gasteiger partial charge in [0.2, 0.25) is 15.9 Å². The van der Waals surface area contributed by atoms with Gasteiger partial charge in [-0.15, -0.1) is 0 Å². The molecule has 1 aliphatic heterocycles. The van der Waals surface area contributed by atoms with Crippen LogP contribution in [0.3, 0.4) is 0 Å². The zero-order valence-electron chi connectivity index (χ0n) is 10.4. The van der Waals surface area contributed by atoms with Crippen molar-refractivity contribution in [3.63, 3.8) is 0 Å². The third kappa shape index (κ3) is 4.47. The second-order valence-electron chi connectivity index (χ2n) is 4.61. The molecule has 0 saturated carbocycles. The van der Waals surface area contributed by atoms with Crippen LogP contribution in [0.25, 0.3) is 0 Å². The first kappa shape index (κ1) is 14.2. The lowest BCUT2D eigenvalue weighted by Crippen LogP contribution is -2.42. The number of piperidine rings is 1. The quantitative estimate of drug-likeness (QED) is 0.742. The van der Waals surface area contributed by atoms with Gasteiger partial charge in [-0.3, -0.25) is 4.79 Å². The molecule has 1 aliphatic rings. The minimum Gasteiger partial charge on any atom is -0.352 e. The number of hydrogen-bond donors (Lipinski definition) is 1. The molecule has 1 saturated heterocycles. The van der Waals surface area contributed by atoms with Gasteiger partial charge in [0, 0.05) is 25.6 Å². The van der Waals surface area contributed by atoms with E-state index in [1.165, 1.54) is 10.6 Å². The Bertz CT molecular complexity index is 395. The summed E-state index contributed by atoms with van der Waals surface area (Å²) in [6, 6.07) is 0. The third-order valence-electron chi connectivity index (χ3n) is 2.86. The van der Waals surface area contributed by atoms with Crippen molar-refractivity contribution >= 4 is 15.9 Å². The maximum atomic E-state index is 11.7. The molecule has 0 aromatic heterocycles. The Kier molecular flexibility index (Phi) is 4.70. The topological polar surface area (TPSA) is 66.5 Å². The van der Waals surface area contributed by atoms with Crippen LogP contribution in [0.4, 0.5) is 0 Å². The molecule has 0 unspecified atom stereocenters. The highest BCUT2D eigenvalue weighted by Crippen LogP contribution is 2.19. The van der Waals surface area contributed by atoms with E-state index in [-0.39, 0.29) is 11.8 Å². The zero-order valence-corrected chi connectivity index (χ0v) is 11.2. The molecular weight excluding hydrogens is 240 g/mol. The molecule has 0 bridgehead atoms. The molecule has 1 rings (SSSR count). The van der Waals surface area contributed by atoms with Gasteiger partial charge in [-0.05, 0) is 19.8 Å². The predicted octanol–water partition coefficient (Wildman–Crippen LogP) is 0.350.